The van der Waals surface area contributed by atoms with Gasteiger partial charge in [0, 0.05) is 18.2 Å². The van der Waals surface area contributed by atoms with Crippen molar-refractivity contribution in [2.45, 2.75) is 6.92 Å². The molecule has 11 heteroatoms. The summed E-state index contributed by atoms with van der Waals surface area (Å²) >= 11 is 0. The summed E-state index contributed by atoms with van der Waals surface area (Å²) in [6.07, 6.45) is 0.616. The van der Waals surface area contributed by atoms with Crippen LogP contribution in [0, 0.1) is 21.4 Å². The number of ether oxygens (including phenoxy) is 2. The quantitative estimate of drug-likeness (QED) is 0.313. The number of carbonyl (C=O) groups is 2. The van der Waals surface area contributed by atoms with Crippen molar-refractivity contribution in [3.05, 3.63) is 59.9 Å². The van der Waals surface area contributed by atoms with Crippen molar-refractivity contribution in [2.75, 3.05) is 6.61 Å². The fourth-order valence-corrected chi connectivity index (χ4v) is 0.799. The van der Waals surface area contributed by atoms with E-state index < -0.39 is 17.1 Å². The van der Waals surface area contributed by atoms with Crippen molar-refractivity contribution >= 4 is 17.9 Å². The zero-order valence-electron chi connectivity index (χ0n) is 14.0. The van der Waals surface area contributed by atoms with Crippen molar-refractivity contribution in [3.63, 3.8) is 0 Å². The maximum absolute atomic E-state index is 10.0. The average molecular weight is 368 g/mol. The Morgan fingerprint density at radius 3 is 1.92 bits per heavy atom. The summed E-state index contributed by atoms with van der Waals surface area (Å²) in [4.78, 5) is 28.6. The van der Waals surface area contributed by atoms with Gasteiger partial charge in [0.05, 0.1) is 23.9 Å². The van der Waals surface area contributed by atoms with Crippen LogP contribution in [-0.4, -0.2) is 28.8 Å². The van der Waals surface area contributed by atoms with Gasteiger partial charge >= 0.3 is 12.2 Å². The number of nitriles is 1. The number of nitro benzene ring substituents is 1. The van der Waals surface area contributed by atoms with Gasteiger partial charge in [0.15, 0.2) is 0 Å². The van der Waals surface area contributed by atoms with E-state index >= 15 is 0 Å². The van der Waals surface area contributed by atoms with E-state index in [0.29, 0.717) is 6.61 Å². The Balaban J connectivity index is -0.000000290. The van der Waals surface area contributed by atoms with Crippen LogP contribution in [0.2, 0.25) is 0 Å². The van der Waals surface area contributed by atoms with E-state index in [0.717, 1.165) is 6.26 Å². The van der Waals surface area contributed by atoms with Gasteiger partial charge in [-0.05, 0) is 19.1 Å². The van der Waals surface area contributed by atoms with E-state index in [2.05, 4.69) is 34.1 Å². The Morgan fingerprint density at radius 1 is 1.31 bits per heavy atom. The summed E-state index contributed by atoms with van der Waals surface area (Å²) in [5.41, 5.74) is 9.00. The summed E-state index contributed by atoms with van der Waals surface area (Å²) in [5.74, 6) is 0.0330. The standard InChI is InChI=1S/C6H5NO3.C3H7NO2.C3H5NO2.C3H3N/c8-6-3-1-5(2-4-6)7(9)10;2*1-2-6-3(4)5;1-2-3-4/h1-4,8H;2H2,1H3,(H2,4,5);2H,1H2,(H2,4,5);2H,1H2. The lowest BCUT2D eigenvalue weighted by atomic mass is 10.3. The van der Waals surface area contributed by atoms with Gasteiger partial charge in [-0.25, -0.2) is 9.59 Å². The highest BCUT2D eigenvalue weighted by molar-refractivity contribution is 5.65. The Labute approximate surface area is 149 Å². The number of allylic oxidation sites excluding steroid dienone is 1. The third kappa shape index (κ3) is 24.9. The minimum atomic E-state index is -0.829. The number of phenolic OH excluding ortho intramolecular Hbond substituents is 1. The molecule has 0 unspecified atom stereocenters. The number of nitrogens with two attached hydrogens (primary N) is 2. The van der Waals surface area contributed by atoms with Crippen LogP contribution >= 0.6 is 0 Å². The van der Waals surface area contributed by atoms with Crippen molar-refractivity contribution in [2.24, 2.45) is 11.5 Å². The van der Waals surface area contributed by atoms with Crippen LogP contribution in [0.25, 0.3) is 0 Å². The number of phenols is 1. The maximum Gasteiger partial charge on any atom is 0.409 e. The highest BCUT2D eigenvalue weighted by Gasteiger charge is 2.01. The zero-order chi connectivity index (χ0) is 21.0. The van der Waals surface area contributed by atoms with Crippen LogP contribution < -0.4 is 11.5 Å². The van der Waals surface area contributed by atoms with Crippen LogP contribution in [0.15, 0.2) is 49.8 Å². The van der Waals surface area contributed by atoms with Gasteiger partial charge < -0.3 is 26.0 Å². The fraction of sp³-hybridized carbons (Fsp3) is 0.133. The lowest BCUT2D eigenvalue weighted by molar-refractivity contribution is -0.384. The van der Waals surface area contributed by atoms with Crippen LogP contribution in [0.4, 0.5) is 15.3 Å². The predicted octanol–water partition coefficient (Wildman–Crippen LogP) is 2.32. The Hall–Kier alpha value is -4.07. The molecule has 142 valence electrons. The first kappa shape index (κ1) is 26.8. The van der Waals surface area contributed by atoms with Gasteiger partial charge in [-0.15, -0.1) is 0 Å². The fourth-order valence-electron chi connectivity index (χ4n) is 0.799. The van der Waals surface area contributed by atoms with Crippen molar-refractivity contribution in [1.82, 2.24) is 0 Å². The van der Waals surface area contributed by atoms with E-state index in [4.69, 9.17) is 10.4 Å². The first-order chi connectivity index (χ1) is 12.2. The number of aromatic hydroxyl groups is 1. The number of amides is 2. The molecule has 1 aromatic rings. The summed E-state index contributed by atoms with van der Waals surface area (Å²) in [7, 11) is 0. The Bertz CT molecular complexity index is 609. The second kappa shape index (κ2) is 19.0. The predicted molar refractivity (Wildman–Crippen MR) is 92.6 cm³/mol. The zero-order valence-corrected chi connectivity index (χ0v) is 14.0. The molecule has 2 amide bonds. The molecule has 11 nitrogen and oxygen atoms in total. The maximum atomic E-state index is 10.0. The molecule has 0 atom stereocenters. The van der Waals surface area contributed by atoms with Crippen LogP contribution in [0.5, 0.6) is 5.75 Å². The summed E-state index contributed by atoms with van der Waals surface area (Å²) in [6.45, 7) is 8.25. The molecule has 0 bridgehead atoms. The molecule has 0 radical (unpaired) electrons. The number of carbonyl (C=O) groups excluding carboxylic acids is 2. The number of nitro groups is 1. The monoisotopic (exact) mass is 368 g/mol. The van der Waals surface area contributed by atoms with Crippen molar-refractivity contribution in [3.8, 4) is 11.8 Å². The lowest BCUT2D eigenvalue weighted by Crippen LogP contribution is -2.11. The van der Waals surface area contributed by atoms with Crippen molar-refractivity contribution in [1.29, 1.82) is 5.26 Å². The van der Waals surface area contributed by atoms with Gasteiger partial charge in [0.2, 0.25) is 0 Å². The van der Waals surface area contributed by atoms with Gasteiger partial charge in [-0.2, -0.15) is 5.26 Å². The number of hydrogen-bond acceptors (Lipinski definition) is 8. The molecule has 26 heavy (non-hydrogen) atoms. The van der Waals surface area contributed by atoms with Gasteiger partial charge in [0.1, 0.15) is 5.75 Å². The smallest absolute Gasteiger partial charge is 0.409 e. The van der Waals surface area contributed by atoms with Gasteiger partial charge in [0.25, 0.3) is 5.69 Å². The van der Waals surface area contributed by atoms with E-state index in [-0.39, 0.29) is 11.4 Å². The Kier molecular flexibility index (Phi) is 19.6. The number of benzene rings is 1. The SMILES string of the molecule is C=CC#N.C=COC(N)=O.CCOC(N)=O.O=[N+]([O-])c1ccc(O)cc1. The first-order valence-corrected chi connectivity index (χ1v) is 6.59. The van der Waals surface area contributed by atoms with Crippen LogP contribution in [0.3, 0.4) is 0 Å². The number of non-ortho nitro benzene ring substituents is 1. The summed E-state index contributed by atoms with van der Waals surface area (Å²) in [5, 5.41) is 26.3. The molecule has 0 heterocycles. The molecule has 0 aliphatic heterocycles. The molecule has 0 aliphatic carbocycles. The third-order valence-electron chi connectivity index (χ3n) is 1.64. The lowest BCUT2D eigenvalue weighted by Gasteiger charge is -1.89. The van der Waals surface area contributed by atoms with Crippen LogP contribution in [-0.2, 0) is 9.47 Å². The van der Waals surface area contributed by atoms with Crippen molar-refractivity contribution < 1.29 is 29.1 Å². The second-order valence-corrected chi connectivity index (χ2v) is 3.46. The summed E-state index contributed by atoms with van der Waals surface area (Å²) in [6, 6.07) is 6.74. The summed E-state index contributed by atoms with van der Waals surface area (Å²) < 4.78 is 8.12. The highest BCUT2D eigenvalue weighted by Crippen LogP contribution is 2.14. The molecule has 0 aromatic heterocycles. The molecule has 1 rings (SSSR count). The molecule has 0 saturated heterocycles. The average Bonchev–Trinajstić information content (AvgIpc) is 2.56. The topological polar surface area (TPSA) is 192 Å². The number of hydrogen-bond donors (Lipinski definition) is 3. The second-order valence-electron chi connectivity index (χ2n) is 3.46. The number of nitrogens with zero attached hydrogens (tertiary/aromatic N) is 2. The van der Waals surface area contributed by atoms with Crippen LogP contribution in [0.1, 0.15) is 6.92 Å². The normalized spacial score (nSPS) is 7.38. The highest BCUT2D eigenvalue weighted by atomic mass is 16.6. The number of rotatable bonds is 3. The Morgan fingerprint density at radius 2 is 1.77 bits per heavy atom. The van der Waals surface area contributed by atoms with E-state index in [1.807, 2.05) is 0 Å². The molecule has 1 aromatic carbocycles. The molecular formula is C15H20N4O7. The third-order valence-corrected chi connectivity index (χ3v) is 1.64. The largest absolute Gasteiger partial charge is 0.508 e. The molecule has 0 fully saturated rings. The minimum Gasteiger partial charge on any atom is -0.508 e. The van der Waals surface area contributed by atoms with E-state index in [1.54, 1.807) is 13.0 Å². The molecule has 0 spiro atoms. The van der Waals surface area contributed by atoms with Gasteiger partial charge in [-0.1, -0.05) is 13.2 Å². The van der Waals surface area contributed by atoms with E-state index in [1.165, 1.54) is 30.3 Å². The molecule has 0 saturated carbocycles. The van der Waals surface area contributed by atoms with Gasteiger partial charge in [-0.3, -0.25) is 10.1 Å². The first-order valence-electron chi connectivity index (χ1n) is 6.59. The molecular weight excluding hydrogens is 348 g/mol. The molecule has 0 aliphatic rings. The molecule has 5 N–H and O–H groups in total. The van der Waals surface area contributed by atoms with E-state index in [9.17, 15) is 19.7 Å². The number of primary amides is 2. The minimum absolute atomic E-state index is 0.0159.